The summed E-state index contributed by atoms with van der Waals surface area (Å²) in [7, 11) is 0. The van der Waals surface area contributed by atoms with Crippen molar-refractivity contribution in [3.05, 3.63) is 110 Å². The maximum absolute atomic E-state index is 12.9. The molecule has 1 heterocycles. The lowest BCUT2D eigenvalue weighted by Gasteiger charge is -2.10. The smallest absolute Gasteiger partial charge is 0.256 e. The summed E-state index contributed by atoms with van der Waals surface area (Å²) >= 11 is 9.70. The number of nitrogens with zero attached hydrogens (tertiary/aromatic N) is 2. The number of hydrogen-bond donors (Lipinski definition) is 1. The molecule has 0 aliphatic carbocycles. The summed E-state index contributed by atoms with van der Waals surface area (Å²) in [6.07, 6.45) is 1.85. The fourth-order valence-corrected chi connectivity index (χ4v) is 3.89. The van der Waals surface area contributed by atoms with Gasteiger partial charge in [0.2, 0.25) is 0 Å². The molecule has 3 aromatic carbocycles. The lowest BCUT2D eigenvalue weighted by molar-refractivity contribution is 0.102. The van der Waals surface area contributed by atoms with Crippen LogP contribution in [0.1, 0.15) is 32.6 Å². The molecule has 168 valence electrons. The number of carbonyl (C=O) groups excluding carboxylic acids is 1. The Morgan fingerprint density at radius 2 is 1.79 bits per heavy atom. The zero-order valence-corrected chi connectivity index (χ0v) is 20.7. The molecular weight excluding hydrogens is 502 g/mol. The Morgan fingerprint density at radius 3 is 2.58 bits per heavy atom. The van der Waals surface area contributed by atoms with Gasteiger partial charge in [0.25, 0.3) is 5.91 Å². The van der Waals surface area contributed by atoms with E-state index in [4.69, 9.17) is 16.3 Å². The van der Waals surface area contributed by atoms with E-state index in [9.17, 15) is 4.79 Å². The molecule has 5 nitrogen and oxygen atoms in total. The minimum absolute atomic E-state index is 0.244. The first kappa shape index (κ1) is 23.1. The van der Waals surface area contributed by atoms with E-state index in [0.29, 0.717) is 35.3 Å². The first-order valence-corrected chi connectivity index (χ1v) is 11.6. The molecule has 0 unspecified atom stereocenters. The first-order chi connectivity index (χ1) is 15.9. The number of hydrogen-bond acceptors (Lipinski definition) is 3. The van der Waals surface area contributed by atoms with E-state index in [1.807, 2.05) is 43.5 Å². The highest BCUT2D eigenvalue weighted by Gasteiger charge is 2.13. The fourth-order valence-electron chi connectivity index (χ4n) is 3.31. The van der Waals surface area contributed by atoms with Crippen molar-refractivity contribution in [1.82, 2.24) is 9.78 Å². The van der Waals surface area contributed by atoms with Gasteiger partial charge in [-0.15, -0.1) is 0 Å². The van der Waals surface area contributed by atoms with Crippen LogP contribution in [0.4, 0.5) is 5.82 Å². The predicted octanol–water partition coefficient (Wildman–Crippen LogP) is 6.80. The standard InChI is InChI=1S/C26H23BrClN3O2/c1-17-6-9-19(10-7-17)14-31-15-22(27)25(30-31)29-26(32)21-5-3-4-20(13-21)16-33-24-12-18(2)8-11-23(24)28/h3-13,15H,14,16H2,1-2H3,(H,29,30,32). The molecule has 0 fully saturated rings. The normalized spacial score (nSPS) is 10.8. The molecular formula is C26H23BrClN3O2. The van der Waals surface area contributed by atoms with Gasteiger partial charge in [-0.1, -0.05) is 59.6 Å². The summed E-state index contributed by atoms with van der Waals surface area (Å²) in [5.74, 6) is 0.849. The molecule has 4 aromatic rings. The van der Waals surface area contributed by atoms with E-state index in [0.717, 1.165) is 21.2 Å². The molecule has 33 heavy (non-hydrogen) atoms. The zero-order valence-electron chi connectivity index (χ0n) is 18.3. The molecule has 0 spiro atoms. The highest BCUT2D eigenvalue weighted by molar-refractivity contribution is 9.10. The summed E-state index contributed by atoms with van der Waals surface area (Å²) in [5, 5.41) is 7.94. The number of aryl methyl sites for hydroxylation is 2. The Kier molecular flexibility index (Phi) is 7.16. The number of rotatable bonds is 7. The van der Waals surface area contributed by atoms with Gasteiger partial charge < -0.3 is 10.1 Å². The predicted molar refractivity (Wildman–Crippen MR) is 135 cm³/mol. The molecule has 0 aliphatic rings. The van der Waals surface area contributed by atoms with Crippen molar-refractivity contribution in [1.29, 1.82) is 0 Å². The number of halogens is 2. The van der Waals surface area contributed by atoms with E-state index in [1.54, 1.807) is 16.8 Å². The summed E-state index contributed by atoms with van der Waals surface area (Å²) in [6.45, 7) is 4.96. The quantitative estimate of drug-likeness (QED) is 0.289. The van der Waals surface area contributed by atoms with Gasteiger partial charge in [0.15, 0.2) is 5.82 Å². The lowest BCUT2D eigenvalue weighted by atomic mass is 10.1. The Hall–Kier alpha value is -3.09. The highest BCUT2D eigenvalue weighted by Crippen LogP contribution is 2.26. The third-order valence-corrected chi connectivity index (χ3v) is 5.98. The third-order valence-electron chi connectivity index (χ3n) is 5.08. The number of aromatic nitrogens is 2. The van der Waals surface area contributed by atoms with Crippen LogP contribution in [0, 0.1) is 13.8 Å². The number of nitrogens with one attached hydrogen (secondary N) is 1. The minimum atomic E-state index is -0.244. The van der Waals surface area contributed by atoms with Gasteiger partial charge in [-0.25, -0.2) is 0 Å². The number of anilines is 1. The van der Waals surface area contributed by atoms with E-state index in [1.165, 1.54) is 5.56 Å². The number of ether oxygens (including phenoxy) is 1. The van der Waals surface area contributed by atoms with E-state index < -0.39 is 0 Å². The summed E-state index contributed by atoms with van der Waals surface area (Å²) < 4.78 is 8.37. The van der Waals surface area contributed by atoms with Crippen molar-refractivity contribution >= 4 is 39.3 Å². The molecule has 0 radical (unpaired) electrons. The van der Waals surface area contributed by atoms with Crippen LogP contribution in [0.25, 0.3) is 0 Å². The Balaban J connectivity index is 1.42. The van der Waals surface area contributed by atoms with Gasteiger partial charge >= 0.3 is 0 Å². The summed E-state index contributed by atoms with van der Waals surface area (Å²) in [5.41, 5.74) is 4.79. The van der Waals surface area contributed by atoms with Crippen molar-refractivity contribution in [2.75, 3.05) is 5.32 Å². The third kappa shape index (κ3) is 6.03. The van der Waals surface area contributed by atoms with Gasteiger partial charge in [-0.05, 0) is 70.7 Å². The van der Waals surface area contributed by atoms with Crippen LogP contribution in [0.2, 0.25) is 5.02 Å². The number of carbonyl (C=O) groups is 1. The molecule has 0 bridgehead atoms. The molecule has 0 atom stereocenters. The van der Waals surface area contributed by atoms with Crippen LogP contribution < -0.4 is 10.1 Å². The minimum Gasteiger partial charge on any atom is -0.487 e. The molecule has 0 aliphatic heterocycles. The molecule has 4 rings (SSSR count). The average Bonchev–Trinajstić information content (AvgIpc) is 3.14. The second-order valence-corrected chi connectivity index (χ2v) is 9.15. The molecule has 1 N–H and O–H groups in total. The zero-order chi connectivity index (χ0) is 23.4. The maximum atomic E-state index is 12.9. The summed E-state index contributed by atoms with van der Waals surface area (Å²) in [4.78, 5) is 12.9. The molecule has 7 heteroatoms. The average molecular weight is 525 g/mol. The van der Waals surface area contributed by atoms with Crippen LogP contribution in [0.15, 0.2) is 77.4 Å². The van der Waals surface area contributed by atoms with Gasteiger partial charge in [-0.3, -0.25) is 9.48 Å². The second kappa shape index (κ2) is 10.2. The SMILES string of the molecule is Cc1ccc(Cn2cc(Br)c(NC(=O)c3cccc(COc4cc(C)ccc4Cl)c3)n2)cc1. The van der Waals surface area contributed by atoms with Crippen molar-refractivity contribution in [3.8, 4) is 5.75 Å². The number of amides is 1. The van der Waals surface area contributed by atoms with Crippen LogP contribution in [-0.2, 0) is 13.2 Å². The monoisotopic (exact) mass is 523 g/mol. The molecule has 1 amide bonds. The van der Waals surface area contributed by atoms with Crippen LogP contribution in [-0.4, -0.2) is 15.7 Å². The van der Waals surface area contributed by atoms with Crippen molar-refractivity contribution < 1.29 is 9.53 Å². The fraction of sp³-hybridized carbons (Fsp3) is 0.154. The van der Waals surface area contributed by atoms with Gasteiger partial charge in [0, 0.05) is 11.8 Å². The topological polar surface area (TPSA) is 56.2 Å². The van der Waals surface area contributed by atoms with E-state index in [-0.39, 0.29) is 5.91 Å². The summed E-state index contributed by atoms with van der Waals surface area (Å²) in [6, 6.07) is 21.2. The Morgan fingerprint density at radius 1 is 1.03 bits per heavy atom. The first-order valence-electron chi connectivity index (χ1n) is 10.4. The van der Waals surface area contributed by atoms with Crippen LogP contribution in [0.5, 0.6) is 5.75 Å². The Bertz CT molecular complexity index is 1290. The molecule has 0 saturated carbocycles. The second-order valence-electron chi connectivity index (χ2n) is 7.89. The van der Waals surface area contributed by atoms with Gasteiger partial charge in [-0.2, -0.15) is 5.10 Å². The van der Waals surface area contributed by atoms with Crippen molar-refractivity contribution in [2.45, 2.75) is 27.0 Å². The largest absolute Gasteiger partial charge is 0.487 e. The van der Waals surface area contributed by atoms with E-state index >= 15 is 0 Å². The maximum Gasteiger partial charge on any atom is 0.256 e. The highest BCUT2D eigenvalue weighted by atomic mass is 79.9. The van der Waals surface area contributed by atoms with E-state index in [2.05, 4.69) is 57.5 Å². The lowest BCUT2D eigenvalue weighted by Crippen LogP contribution is -2.13. The van der Waals surface area contributed by atoms with Crippen LogP contribution in [0.3, 0.4) is 0 Å². The molecule has 0 saturated heterocycles. The van der Waals surface area contributed by atoms with Gasteiger partial charge in [0.1, 0.15) is 12.4 Å². The van der Waals surface area contributed by atoms with Crippen LogP contribution >= 0.6 is 27.5 Å². The van der Waals surface area contributed by atoms with Gasteiger partial charge in [0.05, 0.1) is 16.0 Å². The Labute approximate surface area is 206 Å². The van der Waals surface area contributed by atoms with Crippen molar-refractivity contribution in [2.24, 2.45) is 0 Å². The molecule has 1 aromatic heterocycles. The number of benzene rings is 3. The van der Waals surface area contributed by atoms with Crippen molar-refractivity contribution in [3.63, 3.8) is 0 Å².